The molecule has 0 N–H and O–H groups in total. The molecule has 2 aromatic carbocycles. The van der Waals surface area contributed by atoms with Gasteiger partial charge in [-0.1, -0.05) is 65.4 Å². The molecule has 1 unspecified atom stereocenters. The van der Waals surface area contributed by atoms with Crippen molar-refractivity contribution in [1.82, 2.24) is 24.9 Å². The van der Waals surface area contributed by atoms with E-state index < -0.39 is 0 Å². The van der Waals surface area contributed by atoms with Crippen molar-refractivity contribution in [1.29, 1.82) is 0 Å². The van der Waals surface area contributed by atoms with Crippen molar-refractivity contribution in [2.75, 3.05) is 0 Å². The van der Waals surface area contributed by atoms with Crippen molar-refractivity contribution >= 4 is 11.8 Å². The van der Waals surface area contributed by atoms with Gasteiger partial charge in [0.2, 0.25) is 11.7 Å². The van der Waals surface area contributed by atoms with Crippen LogP contribution in [0.15, 0.2) is 87.1 Å². The van der Waals surface area contributed by atoms with Crippen LogP contribution >= 0.6 is 11.8 Å². The van der Waals surface area contributed by atoms with Crippen molar-refractivity contribution in [2.45, 2.75) is 24.3 Å². The second-order valence-corrected chi connectivity index (χ2v) is 8.26. The van der Waals surface area contributed by atoms with Gasteiger partial charge in [0.15, 0.2) is 11.0 Å². The van der Waals surface area contributed by atoms with E-state index >= 15 is 0 Å². The van der Waals surface area contributed by atoms with Crippen LogP contribution in [0.1, 0.15) is 23.8 Å². The molecule has 0 amide bonds. The lowest BCUT2D eigenvalue weighted by atomic mass is 10.2. The van der Waals surface area contributed by atoms with Gasteiger partial charge in [-0.15, -0.1) is 10.2 Å². The van der Waals surface area contributed by atoms with E-state index in [9.17, 15) is 0 Å². The Kier molecular flexibility index (Phi) is 5.13. The molecule has 0 saturated heterocycles. The Morgan fingerprint density at radius 3 is 2.39 bits per heavy atom. The van der Waals surface area contributed by atoms with E-state index in [1.54, 1.807) is 6.26 Å². The SMILES string of the molecule is Cc1occc1-c1nnc(SC(C)c2nc(-c3ccccc3)no2)n1-c1ccccc1. The van der Waals surface area contributed by atoms with Crippen molar-refractivity contribution in [3.8, 4) is 28.5 Å². The maximum Gasteiger partial charge on any atom is 0.240 e. The lowest BCUT2D eigenvalue weighted by Crippen LogP contribution is -2.01. The van der Waals surface area contributed by atoms with E-state index in [-0.39, 0.29) is 5.25 Å². The summed E-state index contributed by atoms with van der Waals surface area (Å²) in [6, 6.07) is 21.7. The van der Waals surface area contributed by atoms with Gasteiger partial charge >= 0.3 is 0 Å². The molecule has 0 saturated carbocycles. The maximum atomic E-state index is 5.54. The number of furan rings is 1. The molecule has 8 heteroatoms. The number of hydrogen-bond donors (Lipinski definition) is 0. The highest BCUT2D eigenvalue weighted by Gasteiger charge is 2.23. The average molecular weight is 430 g/mol. The zero-order chi connectivity index (χ0) is 21.2. The number of thioether (sulfide) groups is 1. The lowest BCUT2D eigenvalue weighted by molar-refractivity contribution is 0.380. The van der Waals surface area contributed by atoms with Crippen LogP contribution in [0.5, 0.6) is 0 Å². The minimum atomic E-state index is -0.116. The third-order valence-corrected chi connectivity index (χ3v) is 5.88. The summed E-state index contributed by atoms with van der Waals surface area (Å²) in [5.41, 5.74) is 2.79. The molecule has 0 bridgehead atoms. The fourth-order valence-electron chi connectivity index (χ4n) is 3.26. The van der Waals surface area contributed by atoms with Crippen LogP contribution < -0.4 is 0 Å². The van der Waals surface area contributed by atoms with E-state index in [1.807, 2.05) is 85.1 Å². The smallest absolute Gasteiger partial charge is 0.240 e. The Balaban J connectivity index is 1.49. The van der Waals surface area contributed by atoms with Gasteiger partial charge in [0.25, 0.3) is 0 Å². The third-order valence-electron chi connectivity index (χ3n) is 4.85. The molecule has 0 fully saturated rings. The number of aryl methyl sites for hydroxylation is 1. The summed E-state index contributed by atoms with van der Waals surface area (Å²) in [7, 11) is 0. The largest absolute Gasteiger partial charge is 0.469 e. The minimum absolute atomic E-state index is 0.116. The molecule has 0 radical (unpaired) electrons. The zero-order valence-electron chi connectivity index (χ0n) is 17.0. The van der Waals surface area contributed by atoms with Crippen molar-refractivity contribution in [3.05, 3.63) is 84.6 Å². The summed E-state index contributed by atoms with van der Waals surface area (Å²) in [5, 5.41) is 13.7. The van der Waals surface area contributed by atoms with Crippen LogP contribution in [0.4, 0.5) is 0 Å². The summed E-state index contributed by atoms with van der Waals surface area (Å²) in [6.45, 7) is 3.93. The molecule has 31 heavy (non-hydrogen) atoms. The van der Waals surface area contributed by atoms with Gasteiger partial charge in [0, 0.05) is 11.3 Å². The topological polar surface area (TPSA) is 82.8 Å². The summed E-state index contributed by atoms with van der Waals surface area (Å²) in [6.07, 6.45) is 1.66. The van der Waals surface area contributed by atoms with Gasteiger partial charge in [-0.3, -0.25) is 4.57 Å². The molecular formula is C23H19N5O2S. The first kappa shape index (κ1) is 19.3. The van der Waals surface area contributed by atoms with Gasteiger partial charge in [0.05, 0.1) is 17.1 Å². The molecule has 1 atom stereocenters. The van der Waals surface area contributed by atoms with Gasteiger partial charge in [-0.2, -0.15) is 4.98 Å². The maximum absolute atomic E-state index is 5.54. The highest BCUT2D eigenvalue weighted by Crippen LogP contribution is 2.37. The molecule has 0 aliphatic rings. The summed E-state index contributed by atoms with van der Waals surface area (Å²) in [4.78, 5) is 4.58. The molecule has 7 nitrogen and oxygen atoms in total. The second-order valence-electron chi connectivity index (χ2n) is 6.95. The van der Waals surface area contributed by atoms with Gasteiger partial charge in [-0.05, 0) is 32.0 Å². The van der Waals surface area contributed by atoms with Crippen LogP contribution in [0.3, 0.4) is 0 Å². The predicted molar refractivity (Wildman–Crippen MR) is 118 cm³/mol. The van der Waals surface area contributed by atoms with Gasteiger partial charge < -0.3 is 8.94 Å². The lowest BCUT2D eigenvalue weighted by Gasteiger charge is -2.11. The normalized spacial score (nSPS) is 12.2. The summed E-state index contributed by atoms with van der Waals surface area (Å²) in [5.74, 6) is 2.62. The third kappa shape index (κ3) is 3.77. The first-order chi connectivity index (χ1) is 15.2. The molecular weight excluding hydrogens is 410 g/mol. The Morgan fingerprint density at radius 2 is 1.68 bits per heavy atom. The van der Waals surface area contributed by atoms with Crippen LogP contribution in [-0.4, -0.2) is 24.9 Å². The molecule has 0 aliphatic heterocycles. The van der Waals surface area contributed by atoms with E-state index in [2.05, 4.69) is 20.3 Å². The van der Waals surface area contributed by atoms with Crippen molar-refractivity contribution in [2.24, 2.45) is 0 Å². The number of benzene rings is 2. The fraction of sp³-hybridized carbons (Fsp3) is 0.130. The zero-order valence-corrected chi connectivity index (χ0v) is 17.8. The molecule has 154 valence electrons. The van der Waals surface area contributed by atoms with E-state index in [4.69, 9.17) is 8.94 Å². The summed E-state index contributed by atoms with van der Waals surface area (Å²) < 4.78 is 13.1. The first-order valence-corrected chi connectivity index (χ1v) is 10.7. The predicted octanol–water partition coefficient (Wildman–Crippen LogP) is 5.74. The molecule has 0 spiro atoms. The van der Waals surface area contributed by atoms with Crippen LogP contribution in [0.25, 0.3) is 28.5 Å². The molecule has 0 aliphatic carbocycles. The Bertz CT molecular complexity index is 1290. The standard InChI is InChI=1S/C23H19N5O2S/c1-15-19(13-14-29-15)21-25-26-23(28(21)18-11-7-4-8-12-18)31-16(2)22-24-20(27-30-22)17-9-5-3-6-10-17/h3-14,16H,1-2H3. The van der Waals surface area contributed by atoms with Crippen LogP contribution in [0.2, 0.25) is 0 Å². The van der Waals surface area contributed by atoms with E-state index in [1.165, 1.54) is 11.8 Å². The van der Waals surface area contributed by atoms with E-state index in [0.717, 1.165) is 33.6 Å². The molecule has 5 aromatic rings. The highest BCUT2D eigenvalue weighted by molar-refractivity contribution is 7.99. The molecule has 3 heterocycles. The Labute approximate surface area is 183 Å². The van der Waals surface area contributed by atoms with Gasteiger partial charge in [0.1, 0.15) is 5.76 Å². The van der Waals surface area contributed by atoms with Crippen molar-refractivity contribution < 1.29 is 8.94 Å². The Hall–Kier alpha value is -3.65. The van der Waals surface area contributed by atoms with E-state index in [0.29, 0.717) is 11.7 Å². The van der Waals surface area contributed by atoms with Crippen molar-refractivity contribution in [3.63, 3.8) is 0 Å². The van der Waals surface area contributed by atoms with Gasteiger partial charge in [-0.25, -0.2) is 0 Å². The minimum Gasteiger partial charge on any atom is -0.469 e. The number of aromatic nitrogens is 5. The monoisotopic (exact) mass is 429 g/mol. The number of nitrogens with zero attached hydrogens (tertiary/aromatic N) is 5. The number of rotatable bonds is 6. The second kappa shape index (κ2) is 8.23. The summed E-state index contributed by atoms with van der Waals surface area (Å²) >= 11 is 1.51. The number of hydrogen-bond acceptors (Lipinski definition) is 7. The fourth-order valence-corrected chi connectivity index (χ4v) is 4.16. The highest BCUT2D eigenvalue weighted by atomic mass is 32.2. The average Bonchev–Trinajstić information content (AvgIpc) is 3.54. The molecule has 3 aromatic heterocycles. The quantitative estimate of drug-likeness (QED) is 0.318. The number of para-hydroxylation sites is 1. The van der Waals surface area contributed by atoms with Crippen LogP contribution in [-0.2, 0) is 0 Å². The Morgan fingerprint density at radius 1 is 0.935 bits per heavy atom. The van der Waals surface area contributed by atoms with Crippen LogP contribution in [0, 0.1) is 6.92 Å². The first-order valence-electron chi connectivity index (χ1n) is 9.81. The molecule has 5 rings (SSSR count).